The van der Waals surface area contributed by atoms with Crippen molar-refractivity contribution in [2.45, 2.75) is 39.0 Å². The van der Waals surface area contributed by atoms with Crippen LogP contribution >= 0.6 is 0 Å². The Morgan fingerprint density at radius 3 is 2.74 bits per heavy atom. The minimum absolute atomic E-state index is 0.653. The van der Waals surface area contributed by atoms with Gasteiger partial charge in [-0.2, -0.15) is 0 Å². The van der Waals surface area contributed by atoms with Crippen LogP contribution in [-0.2, 0) is 13.5 Å². The first kappa shape index (κ1) is 14.2. The summed E-state index contributed by atoms with van der Waals surface area (Å²) in [6.45, 7) is 4.03. The molecule has 118 valence electrons. The lowest BCUT2D eigenvalue weighted by molar-refractivity contribution is 0.820. The normalized spacial score (nSPS) is 14.4. The molecule has 5 heteroatoms. The molecule has 0 unspecified atom stereocenters. The van der Waals surface area contributed by atoms with Crippen LogP contribution in [0.5, 0.6) is 0 Å². The Morgan fingerprint density at radius 2 is 2.00 bits per heavy atom. The van der Waals surface area contributed by atoms with Gasteiger partial charge in [-0.05, 0) is 44.4 Å². The Hall–Kier alpha value is -2.43. The first-order valence-corrected chi connectivity index (χ1v) is 8.22. The summed E-state index contributed by atoms with van der Waals surface area (Å²) in [6.07, 6.45) is 3.44. The van der Waals surface area contributed by atoms with Crippen molar-refractivity contribution in [3.05, 3.63) is 41.6 Å². The van der Waals surface area contributed by atoms with Gasteiger partial charge in [0.15, 0.2) is 0 Å². The Bertz CT molecular complexity index is 876. The van der Waals surface area contributed by atoms with Crippen LogP contribution in [0.4, 0.5) is 11.5 Å². The SMILES string of the molecule is CCc1cc(Nc2ccc3c(c2)nc(C2CC2)n3C)nc(C)n1. The third-order valence-electron chi connectivity index (χ3n) is 4.38. The van der Waals surface area contributed by atoms with Gasteiger partial charge in [-0.15, -0.1) is 0 Å². The van der Waals surface area contributed by atoms with Crippen LogP contribution in [0.1, 0.15) is 43.0 Å². The minimum atomic E-state index is 0.653. The second-order valence-corrected chi connectivity index (χ2v) is 6.28. The molecule has 3 aromatic rings. The third kappa shape index (κ3) is 2.67. The zero-order valence-electron chi connectivity index (χ0n) is 13.8. The Balaban J connectivity index is 1.68. The highest BCUT2D eigenvalue weighted by Crippen LogP contribution is 2.40. The number of hydrogen-bond donors (Lipinski definition) is 1. The summed E-state index contributed by atoms with van der Waals surface area (Å²) in [6, 6.07) is 8.32. The molecule has 0 bridgehead atoms. The van der Waals surface area contributed by atoms with Crippen LogP contribution in [0, 0.1) is 6.92 Å². The maximum absolute atomic E-state index is 4.82. The standard InChI is InChI=1S/C18H21N5/c1-4-13-10-17(20-11(2)19-13)21-14-7-8-16-15(9-14)22-18(23(16)3)12-5-6-12/h7-10,12H,4-6H2,1-3H3,(H,19,20,21). The molecule has 0 radical (unpaired) electrons. The van der Waals surface area contributed by atoms with Gasteiger partial charge in [-0.25, -0.2) is 15.0 Å². The van der Waals surface area contributed by atoms with Crippen molar-refractivity contribution >= 4 is 22.5 Å². The summed E-state index contributed by atoms with van der Waals surface area (Å²) in [4.78, 5) is 13.7. The second-order valence-electron chi connectivity index (χ2n) is 6.28. The largest absolute Gasteiger partial charge is 0.340 e. The van der Waals surface area contributed by atoms with Gasteiger partial charge in [0.05, 0.1) is 11.0 Å². The molecule has 1 aliphatic rings. The lowest BCUT2D eigenvalue weighted by Crippen LogP contribution is -2.00. The zero-order valence-corrected chi connectivity index (χ0v) is 13.8. The Labute approximate surface area is 135 Å². The number of fused-ring (bicyclic) bond motifs is 1. The molecule has 0 amide bonds. The average molecular weight is 307 g/mol. The molecule has 1 aliphatic carbocycles. The van der Waals surface area contributed by atoms with E-state index < -0.39 is 0 Å². The van der Waals surface area contributed by atoms with E-state index in [9.17, 15) is 0 Å². The van der Waals surface area contributed by atoms with Crippen LogP contribution in [0.25, 0.3) is 11.0 Å². The predicted molar refractivity (Wildman–Crippen MR) is 92.1 cm³/mol. The maximum Gasteiger partial charge on any atom is 0.134 e. The number of hydrogen-bond acceptors (Lipinski definition) is 4. The highest BCUT2D eigenvalue weighted by molar-refractivity contribution is 5.81. The number of nitrogens with one attached hydrogen (secondary N) is 1. The molecule has 1 aromatic carbocycles. The van der Waals surface area contributed by atoms with Gasteiger partial charge >= 0.3 is 0 Å². The van der Waals surface area contributed by atoms with Gasteiger partial charge in [0.25, 0.3) is 0 Å². The summed E-state index contributed by atoms with van der Waals surface area (Å²) < 4.78 is 2.22. The fourth-order valence-corrected chi connectivity index (χ4v) is 3.03. The number of rotatable bonds is 4. The number of imidazole rings is 1. The highest BCUT2D eigenvalue weighted by atomic mass is 15.1. The van der Waals surface area contributed by atoms with E-state index in [0.29, 0.717) is 5.92 Å². The van der Waals surface area contributed by atoms with Crippen molar-refractivity contribution in [3.63, 3.8) is 0 Å². The molecule has 4 rings (SSSR count). The van der Waals surface area contributed by atoms with Crippen molar-refractivity contribution in [1.29, 1.82) is 0 Å². The van der Waals surface area contributed by atoms with E-state index in [0.717, 1.165) is 35.0 Å². The van der Waals surface area contributed by atoms with Crippen molar-refractivity contribution in [3.8, 4) is 0 Å². The average Bonchev–Trinajstić information content (AvgIpc) is 3.32. The van der Waals surface area contributed by atoms with E-state index in [1.165, 1.54) is 24.2 Å². The predicted octanol–water partition coefficient (Wildman–Crippen LogP) is 3.86. The number of benzene rings is 1. The third-order valence-corrected chi connectivity index (χ3v) is 4.38. The fourth-order valence-electron chi connectivity index (χ4n) is 3.03. The van der Waals surface area contributed by atoms with Crippen LogP contribution in [-0.4, -0.2) is 19.5 Å². The first-order chi connectivity index (χ1) is 11.1. The van der Waals surface area contributed by atoms with Crippen molar-refractivity contribution in [1.82, 2.24) is 19.5 Å². The van der Waals surface area contributed by atoms with E-state index in [-0.39, 0.29) is 0 Å². The number of anilines is 2. The minimum Gasteiger partial charge on any atom is -0.340 e. The second kappa shape index (κ2) is 5.33. The molecule has 2 aromatic heterocycles. The van der Waals surface area contributed by atoms with Crippen molar-refractivity contribution < 1.29 is 0 Å². The smallest absolute Gasteiger partial charge is 0.134 e. The molecule has 1 N–H and O–H groups in total. The summed E-state index contributed by atoms with van der Waals surface area (Å²) in [5.41, 5.74) is 4.29. The maximum atomic E-state index is 4.82. The molecule has 1 fully saturated rings. The van der Waals surface area contributed by atoms with E-state index >= 15 is 0 Å². The lowest BCUT2D eigenvalue weighted by Gasteiger charge is -2.08. The van der Waals surface area contributed by atoms with E-state index in [4.69, 9.17) is 4.98 Å². The molecular formula is C18H21N5. The summed E-state index contributed by atoms with van der Waals surface area (Å²) in [5.74, 6) is 3.50. The van der Waals surface area contributed by atoms with Crippen LogP contribution in [0.15, 0.2) is 24.3 Å². The topological polar surface area (TPSA) is 55.6 Å². The van der Waals surface area contributed by atoms with Gasteiger partial charge < -0.3 is 9.88 Å². The zero-order chi connectivity index (χ0) is 16.0. The molecule has 1 saturated carbocycles. The number of aryl methyl sites for hydroxylation is 3. The molecule has 5 nitrogen and oxygen atoms in total. The van der Waals surface area contributed by atoms with Gasteiger partial charge in [-0.3, -0.25) is 0 Å². The van der Waals surface area contributed by atoms with Crippen LogP contribution in [0.2, 0.25) is 0 Å². The Morgan fingerprint density at radius 1 is 1.17 bits per heavy atom. The summed E-state index contributed by atoms with van der Waals surface area (Å²) >= 11 is 0. The van der Waals surface area contributed by atoms with Gasteiger partial charge in [-0.1, -0.05) is 6.92 Å². The quantitative estimate of drug-likeness (QED) is 0.795. The van der Waals surface area contributed by atoms with E-state index in [1.807, 2.05) is 13.0 Å². The van der Waals surface area contributed by atoms with Gasteiger partial charge in [0.1, 0.15) is 17.5 Å². The Kier molecular flexibility index (Phi) is 3.29. The fraction of sp³-hybridized carbons (Fsp3) is 0.389. The molecular weight excluding hydrogens is 286 g/mol. The molecule has 23 heavy (non-hydrogen) atoms. The van der Waals surface area contributed by atoms with E-state index in [2.05, 4.69) is 52.0 Å². The molecule has 0 saturated heterocycles. The first-order valence-electron chi connectivity index (χ1n) is 8.22. The van der Waals surface area contributed by atoms with Crippen molar-refractivity contribution in [2.24, 2.45) is 7.05 Å². The van der Waals surface area contributed by atoms with E-state index in [1.54, 1.807) is 0 Å². The summed E-state index contributed by atoms with van der Waals surface area (Å²) in [7, 11) is 2.11. The van der Waals surface area contributed by atoms with Crippen molar-refractivity contribution in [2.75, 3.05) is 5.32 Å². The number of aromatic nitrogens is 4. The molecule has 2 heterocycles. The monoisotopic (exact) mass is 307 g/mol. The van der Waals surface area contributed by atoms with Gasteiger partial charge in [0.2, 0.25) is 0 Å². The summed E-state index contributed by atoms with van der Waals surface area (Å²) in [5, 5.41) is 3.38. The molecule has 0 aliphatic heterocycles. The molecule has 0 spiro atoms. The lowest BCUT2D eigenvalue weighted by atomic mass is 10.2. The molecule has 0 atom stereocenters. The highest BCUT2D eigenvalue weighted by Gasteiger charge is 2.28. The van der Waals surface area contributed by atoms with Crippen LogP contribution < -0.4 is 5.32 Å². The number of nitrogens with zero attached hydrogens (tertiary/aromatic N) is 4. The van der Waals surface area contributed by atoms with Gasteiger partial charge in [0, 0.05) is 30.4 Å². The van der Waals surface area contributed by atoms with Crippen LogP contribution in [0.3, 0.4) is 0 Å².